The SMILES string of the molecule is COc1ccc(N(C(=O)c2ccc(Cl)cc2Cl)c2ncc(C(=O)O)s2)cc1OC. The lowest BCUT2D eigenvalue weighted by Crippen LogP contribution is -2.26. The van der Waals surface area contributed by atoms with E-state index < -0.39 is 11.9 Å². The van der Waals surface area contributed by atoms with Crippen molar-refractivity contribution < 1.29 is 24.2 Å². The van der Waals surface area contributed by atoms with E-state index in [0.29, 0.717) is 22.2 Å². The average Bonchev–Trinajstić information content (AvgIpc) is 3.18. The van der Waals surface area contributed by atoms with Gasteiger partial charge in [0.25, 0.3) is 5.91 Å². The number of aromatic nitrogens is 1. The zero-order valence-corrected chi connectivity index (χ0v) is 17.5. The lowest BCUT2D eigenvalue weighted by Gasteiger charge is -2.22. The number of ether oxygens (including phenoxy) is 2. The molecule has 2 aromatic carbocycles. The molecule has 0 aliphatic heterocycles. The van der Waals surface area contributed by atoms with Gasteiger partial charge in [-0.1, -0.05) is 34.5 Å². The summed E-state index contributed by atoms with van der Waals surface area (Å²) in [6, 6.07) is 9.33. The molecule has 0 saturated carbocycles. The highest BCUT2D eigenvalue weighted by Gasteiger charge is 2.26. The summed E-state index contributed by atoms with van der Waals surface area (Å²) < 4.78 is 10.5. The molecule has 10 heteroatoms. The van der Waals surface area contributed by atoms with Crippen LogP contribution in [0.3, 0.4) is 0 Å². The molecule has 0 aliphatic rings. The molecular weight excluding hydrogens is 439 g/mol. The van der Waals surface area contributed by atoms with E-state index in [0.717, 1.165) is 11.3 Å². The van der Waals surface area contributed by atoms with Gasteiger partial charge in [-0.05, 0) is 30.3 Å². The van der Waals surface area contributed by atoms with Gasteiger partial charge >= 0.3 is 5.97 Å². The zero-order chi connectivity index (χ0) is 21.1. The summed E-state index contributed by atoms with van der Waals surface area (Å²) >= 11 is 13.0. The zero-order valence-electron chi connectivity index (χ0n) is 15.2. The van der Waals surface area contributed by atoms with Gasteiger partial charge < -0.3 is 14.6 Å². The van der Waals surface area contributed by atoms with Crippen LogP contribution >= 0.6 is 34.5 Å². The number of anilines is 2. The van der Waals surface area contributed by atoms with E-state index in [9.17, 15) is 14.7 Å². The number of aromatic carboxylic acids is 1. The molecule has 3 aromatic rings. The van der Waals surface area contributed by atoms with Gasteiger partial charge in [0.1, 0.15) is 4.88 Å². The summed E-state index contributed by atoms with van der Waals surface area (Å²) in [5.41, 5.74) is 0.572. The predicted octanol–water partition coefficient (Wildman–Crippen LogP) is 5.14. The van der Waals surface area contributed by atoms with Gasteiger partial charge in [-0.2, -0.15) is 0 Å². The van der Waals surface area contributed by atoms with Crippen molar-refractivity contribution in [1.82, 2.24) is 4.98 Å². The van der Waals surface area contributed by atoms with Gasteiger partial charge in [-0.15, -0.1) is 0 Å². The topological polar surface area (TPSA) is 89.0 Å². The van der Waals surface area contributed by atoms with Gasteiger partial charge in [-0.3, -0.25) is 9.69 Å². The third kappa shape index (κ3) is 4.29. The highest BCUT2D eigenvalue weighted by Crippen LogP contribution is 2.38. The van der Waals surface area contributed by atoms with Crippen LogP contribution < -0.4 is 14.4 Å². The molecule has 1 N–H and O–H groups in total. The van der Waals surface area contributed by atoms with Crippen molar-refractivity contribution in [2.75, 3.05) is 19.1 Å². The predicted molar refractivity (Wildman–Crippen MR) is 112 cm³/mol. The Hall–Kier alpha value is -2.81. The van der Waals surface area contributed by atoms with Crippen molar-refractivity contribution in [2.45, 2.75) is 0 Å². The fourth-order valence-electron chi connectivity index (χ4n) is 2.53. The molecule has 0 saturated heterocycles. The van der Waals surface area contributed by atoms with Crippen LogP contribution in [0.25, 0.3) is 0 Å². The van der Waals surface area contributed by atoms with E-state index in [1.54, 1.807) is 18.2 Å². The number of rotatable bonds is 6. The van der Waals surface area contributed by atoms with Crippen molar-refractivity contribution >= 4 is 57.2 Å². The number of benzene rings is 2. The highest BCUT2D eigenvalue weighted by molar-refractivity contribution is 7.17. The monoisotopic (exact) mass is 452 g/mol. The molecule has 29 heavy (non-hydrogen) atoms. The summed E-state index contributed by atoms with van der Waals surface area (Å²) in [6.45, 7) is 0. The molecule has 0 aliphatic carbocycles. The minimum Gasteiger partial charge on any atom is -0.493 e. The summed E-state index contributed by atoms with van der Waals surface area (Å²) in [4.78, 5) is 30.0. The molecule has 7 nitrogen and oxygen atoms in total. The van der Waals surface area contributed by atoms with Crippen LogP contribution in [0.4, 0.5) is 10.8 Å². The first kappa shape index (κ1) is 20.9. The van der Waals surface area contributed by atoms with Crippen molar-refractivity contribution in [3.8, 4) is 11.5 Å². The maximum atomic E-state index is 13.4. The summed E-state index contributed by atoms with van der Waals surface area (Å²) in [6.07, 6.45) is 1.19. The Morgan fingerprint density at radius 3 is 2.38 bits per heavy atom. The molecule has 1 aromatic heterocycles. The van der Waals surface area contributed by atoms with Gasteiger partial charge in [0, 0.05) is 11.1 Å². The second kappa shape index (κ2) is 8.69. The number of carboxylic acids is 1. The largest absolute Gasteiger partial charge is 0.493 e. The fraction of sp³-hybridized carbons (Fsp3) is 0.105. The molecule has 0 bridgehead atoms. The Kier molecular flexibility index (Phi) is 6.26. The first-order valence-electron chi connectivity index (χ1n) is 8.06. The average molecular weight is 453 g/mol. The number of methoxy groups -OCH3 is 2. The summed E-state index contributed by atoms with van der Waals surface area (Å²) in [5.74, 6) is -0.790. The minimum absolute atomic E-state index is 0.0134. The second-order valence-corrected chi connectivity index (χ2v) is 7.47. The Labute approximate surface area is 180 Å². The van der Waals surface area contributed by atoms with Crippen molar-refractivity contribution in [1.29, 1.82) is 0 Å². The van der Waals surface area contributed by atoms with Crippen LogP contribution in [0.2, 0.25) is 10.0 Å². The van der Waals surface area contributed by atoms with Crippen LogP contribution in [0.15, 0.2) is 42.6 Å². The first-order chi connectivity index (χ1) is 13.8. The maximum absolute atomic E-state index is 13.4. The fourth-order valence-corrected chi connectivity index (χ4v) is 3.79. The van der Waals surface area contributed by atoms with E-state index in [2.05, 4.69) is 4.98 Å². The number of hydrogen-bond donors (Lipinski definition) is 1. The summed E-state index contributed by atoms with van der Waals surface area (Å²) in [7, 11) is 2.96. The number of hydrogen-bond acceptors (Lipinski definition) is 6. The van der Waals surface area contributed by atoms with Gasteiger partial charge in [0.2, 0.25) is 0 Å². The smallest absolute Gasteiger partial charge is 0.347 e. The summed E-state index contributed by atoms with van der Waals surface area (Å²) in [5, 5.41) is 9.92. The molecule has 1 heterocycles. The van der Waals surface area contributed by atoms with Crippen LogP contribution in [-0.4, -0.2) is 36.2 Å². The van der Waals surface area contributed by atoms with E-state index in [-0.39, 0.29) is 20.6 Å². The maximum Gasteiger partial charge on any atom is 0.347 e. The quantitative estimate of drug-likeness (QED) is 0.556. The second-order valence-electron chi connectivity index (χ2n) is 5.62. The normalized spacial score (nSPS) is 10.5. The molecule has 0 radical (unpaired) electrons. The van der Waals surface area contributed by atoms with Crippen LogP contribution in [-0.2, 0) is 0 Å². The third-order valence-electron chi connectivity index (χ3n) is 3.89. The third-order valence-corrected chi connectivity index (χ3v) is 5.40. The van der Waals surface area contributed by atoms with E-state index in [1.165, 1.54) is 43.5 Å². The van der Waals surface area contributed by atoms with Gasteiger partial charge in [0.05, 0.1) is 36.7 Å². The van der Waals surface area contributed by atoms with Crippen molar-refractivity contribution in [3.63, 3.8) is 0 Å². The number of nitrogens with zero attached hydrogens (tertiary/aromatic N) is 2. The van der Waals surface area contributed by atoms with Crippen LogP contribution in [0, 0.1) is 0 Å². The van der Waals surface area contributed by atoms with Crippen molar-refractivity contribution in [2.24, 2.45) is 0 Å². The van der Waals surface area contributed by atoms with Gasteiger partial charge in [-0.25, -0.2) is 9.78 Å². The minimum atomic E-state index is -1.14. The first-order valence-corrected chi connectivity index (χ1v) is 9.63. The standard InChI is InChI=1S/C19H14Cl2N2O5S/c1-27-14-6-4-11(8-15(14)28-2)23(19-22-9-16(29-19)18(25)26)17(24)12-5-3-10(20)7-13(12)21/h3-9H,1-2H3,(H,25,26). The molecule has 3 rings (SSSR count). The number of thiazole rings is 1. The Morgan fingerprint density at radius 2 is 1.79 bits per heavy atom. The highest BCUT2D eigenvalue weighted by atomic mass is 35.5. The number of halogens is 2. The lowest BCUT2D eigenvalue weighted by atomic mass is 10.1. The van der Waals surface area contributed by atoms with E-state index >= 15 is 0 Å². The molecule has 0 spiro atoms. The molecule has 0 unspecified atom stereocenters. The number of amides is 1. The Morgan fingerprint density at radius 1 is 1.07 bits per heavy atom. The Balaban J connectivity index is 2.16. The molecule has 0 fully saturated rings. The number of carboxylic acid groups (broad SMARTS) is 1. The van der Waals surface area contributed by atoms with Gasteiger partial charge in [0.15, 0.2) is 16.6 Å². The number of carbonyl (C=O) groups excluding carboxylic acids is 1. The Bertz CT molecular complexity index is 1090. The molecular formula is C19H14Cl2N2O5S. The van der Waals surface area contributed by atoms with Crippen LogP contribution in [0.5, 0.6) is 11.5 Å². The van der Waals surface area contributed by atoms with Crippen molar-refractivity contribution in [3.05, 3.63) is 63.1 Å². The van der Waals surface area contributed by atoms with Crippen LogP contribution in [0.1, 0.15) is 20.0 Å². The van der Waals surface area contributed by atoms with E-state index in [1.807, 2.05) is 0 Å². The molecule has 150 valence electrons. The molecule has 1 amide bonds. The van der Waals surface area contributed by atoms with E-state index in [4.69, 9.17) is 32.7 Å². The lowest BCUT2D eigenvalue weighted by molar-refractivity contribution is 0.0701. The number of carbonyl (C=O) groups is 2. The molecule has 0 atom stereocenters.